The van der Waals surface area contributed by atoms with Gasteiger partial charge in [0.25, 0.3) is 0 Å². The van der Waals surface area contributed by atoms with Crippen molar-refractivity contribution in [2.75, 3.05) is 5.88 Å². The molecule has 0 saturated heterocycles. The maximum Gasteiger partial charge on any atom is 0.142 e. The highest BCUT2D eigenvalue weighted by Gasteiger charge is 2.06. The molecule has 0 saturated carbocycles. The first-order chi connectivity index (χ1) is 6.65. The molecule has 1 rings (SSSR count). The van der Waals surface area contributed by atoms with Crippen LogP contribution in [-0.4, -0.2) is 11.9 Å². The van der Waals surface area contributed by atoms with Crippen LogP contribution in [0.3, 0.4) is 0 Å². The first kappa shape index (κ1) is 11.8. The van der Waals surface area contributed by atoms with E-state index in [-0.39, 0.29) is 16.9 Å². The average Bonchev–Trinajstić information content (AvgIpc) is 2.20. The van der Waals surface area contributed by atoms with Gasteiger partial charge in [-0.05, 0) is 18.6 Å². The first-order valence-electron chi connectivity index (χ1n) is 4.37. The molecule has 1 N–H and O–H groups in total. The summed E-state index contributed by atoms with van der Waals surface area (Å²) in [6.07, 6.45) is 0. The van der Waals surface area contributed by atoms with Crippen LogP contribution in [0.15, 0.2) is 18.2 Å². The van der Waals surface area contributed by atoms with Crippen LogP contribution in [0.1, 0.15) is 12.5 Å². The van der Waals surface area contributed by atoms with Gasteiger partial charge in [0.2, 0.25) is 0 Å². The van der Waals surface area contributed by atoms with Crippen molar-refractivity contribution in [3.05, 3.63) is 34.6 Å². The zero-order valence-electron chi connectivity index (χ0n) is 7.86. The molecule has 78 valence electrons. The van der Waals surface area contributed by atoms with E-state index in [9.17, 15) is 4.39 Å². The van der Waals surface area contributed by atoms with Gasteiger partial charge in [-0.2, -0.15) is 0 Å². The third kappa shape index (κ3) is 3.12. The van der Waals surface area contributed by atoms with Crippen molar-refractivity contribution < 1.29 is 4.39 Å². The Labute approximate surface area is 93.2 Å². The maximum atomic E-state index is 13.0. The molecular weight excluding hydrogens is 224 g/mol. The van der Waals surface area contributed by atoms with Crippen molar-refractivity contribution >= 4 is 23.2 Å². The van der Waals surface area contributed by atoms with E-state index in [2.05, 4.69) is 5.32 Å². The fourth-order valence-electron chi connectivity index (χ4n) is 1.02. The Bertz CT molecular complexity index is 304. The summed E-state index contributed by atoms with van der Waals surface area (Å²) in [5.74, 6) is 0.136. The normalized spacial score (nSPS) is 12.9. The summed E-state index contributed by atoms with van der Waals surface area (Å²) in [6.45, 7) is 2.49. The van der Waals surface area contributed by atoms with E-state index in [1.165, 1.54) is 6.07 Å². The summed E-state index contributed by atoms with van der Waals surface area (Å²) >= 11 is 11.4. The van der Waals surface area contributed by atoms with Gasteiger partial charge in [-0.1, -0.05) is 23.7 Å². The molecule has 0 aliphatic carbocycles. The lowest BCUT2D eigenvalue weighted by atomic mass is 10.2. The Morgan fingerprint density at radius 3 is 2.86 bits per heavy atom. The van der Waals surface area contributed by atoms with Gasteiger partial charge in [0.1, 0.15) is 5.82 Å². The third-order valence-corrected chi connectivity index (χ3v) is 2.79. The molecule has 1 unspecified atom stereocenters. The van der Waals surface area contributed by atoms with E-state index in [0.29, 0.717) is 12.4 Å². The van der Waals surface area contributed by atoms with Gasteiger partial charge in [0, 0.05) is 18.5 Å². The van der Waals surface area contributed by atoms with E-state index in [0.717, 1.165) is 5.56 Å². The van der Waals surface area contributed by atoms with Crippen LogP contribution >= 0.6 is 23.2 Å². The molecule has 0 heterocycles. The Balaban J connectivity index is 2.63. The minimum Gasteiger partial charge on any atom is -0.309 e. The van der Waals surface area contributed by atoms with Crippen molar-refractivity contribution in [1.29, 1.82) is 0 Å². The molecule has 0 aromatic heterocycles. The number of hydrogen-bond donors (Lipinski definition) is 1. The Kier molecular flexibility index (Phi) is 4.66. The third-order valence-electron chi connectivity index (χ3n) is 1.90. The van der Waals surface area contributed by atoms with Gasteiger partial charge in [-0.3, -0.25) is 0 Å². The molecule has 0 aliphatic heterocycles. The van der Waals surface area contributed by atoms with E-state index >= 15 is 0 Å². The molecule has 0 radical (unpaired) electrons. The van der Waals surface area contributed by atoms with Gasteiger partial charge < -0.3 is 5.32 Å². The molecule has 0 amide bonds. The van der Waals surface area contributed by atoms with E-state index in [1.807, 2.05) is 6.92 Å². The Morgan fingerprint density at radius 2 is 2.21 bits per heavy atom. The highest BCUT2D eigenvalue weighted by Crippen LogP contribution is 2.19. The summed E-state index contributed by atoms with van der Waals surface area (Å²) in [4.78, 5) is 0. The Hall–Kier alpha value is -0.310. The highest BCUT2D eigenvalue weighted by atomic mass is 35.5. The second-order valence-electron chi connectivity index (χ2n) is 3.15. The first-order valence-corrected chi connectivity index (χ1v) is 5.28. The summed E-state index contributed by atoms with van der Waals surface area (Å²) in [6, 6.07) is 4.97. The SMILES string of the molecule is CC(CCl)NCc1cccc(F)c1Cl. The van der Waals surface area contributed by atoms with Crippen LogP contribution in [0.4, 0.5) is 4.39 Å². The number of halogens is 3. The predicted octanol–water partition coefficient (Wildman–Crippen LogP) is 3.20. The lowest BCUT2D eigenvalue weighted by molar-refractivity contribution is 0.585. The van der Waals surface area contributed by atoms with Crippen LogP contribution < -0.4 is 5.32 Å². The monoisotopic (exact) mass is 235 g/mol. The molecular formula is C10H12Cl2FN. The zero-order valence-corrected chi connectivity index (χ0v) is 9.37. The molecule has 1 nitrogen and oxygen atoms in total. The smallest absolute Gasteiger partial charge is 0.142 e. The lowest BCUT2D eigenvalue weighted by Gasteiger charge is -2.11. The molecule has 1 aromatic carbocycles. The largest absolute Gasteiger partial charge is 0.309 e. The second-order valence-corrected chi connectivity index (χ2v) is 3.84. The van der Waals surface area contributed by atoms with Crippen LogP contribution in [-0.2, 0) is 6.54 Å². The summed E-state index contributed by atoms with van der Waals surface area (Å²) in [5, 5.41) is 3.32. The zero-order chi connectivity index (χ0) is 10.6. The standard InChI is InChI=1S/C10H12Cl2FN/c1-7(5-11)14-6-8-3-2-4-9(13)10(8)12/h2-4,7,14H,5-6H2,1H3. The van der Waals surface area contributed by atoms with Crippen molar-refractivity contribution in [3.8, 4) is 0 Å². The maximum absolute atomic E-state index is 13.0. The van der Waals surface area contributed by atoms with E-state index in [4.69, 9.17) is 23.2 Å². The molecule has 1 atom stereocenters. The van der Waals surface area contributed by atoms with Crippen LogP contribution in [0.25, 0.3) is 0 Å². The number of alkyl halides is 1. The van der Waals surface area contributed by atoms with Gasteiger partial charge in [-0.25, -0.2) is 4.39 Å². The fourth-order valence-corrected chi connectivity index (χ4v) is 1.33. The highest BCUT2D eigenvalue weighted by molar-refractivity contribution is 6.31. The Morgan fingerprint density at radius 1 is 1.50 bits per heavy atom. The van der Waals surface area contributed by atoms with Crippen molar-refractivity contribution in [3.63, 3.8) is 0 Å². The van der Waals surface area contributed by atoms with Crippen molar-refractivity contribution in [2.24, 2.45) is 0 Å². The van der Waals surface area contributed by atoms with Crippen LogP contribution in [0.5, 0.6) is 0 Å². The van der Waals surface area contributed by atoms with Gasteiger partial charge >= 0.3 is 0 Å². The molecule has 0 bridgehead atoms. The summed E-state index contributed by atoms with van der Waals surface area (Å²) in [7, 11) is 0. The van der Waals surface area contributed by atoms with Crippen LogP contribution in [0, 0.1) is 5.82 Å². The predicted molar refractivity (Wildman–Crippen MR) is 58.4 cm³/mol. The molecule has 14 heavy (non-hydrogen) atoms. The summed E-state index contributed by atoms with van der Waals surface area (Å²) < 4.78 is 13.0. The second kappa shape index (κ2) is 5.54. The lowest BCUT2D eigenvalue weighted by Crippen LogP contribution is -2.26. The van der Waals surface area contributed by atoms with Gasteiger partial charge in [0.15, 0.2) is 0 Å². The van der Waals surface area contributed by atoms with Crippen LogP contribution in [0.2, 0.25) is 5.02 Å². The van der Waals surface area contributed by atoms with Gasteiger partial charge in [0.05, 0.1) is 5.02 Å². The number of benzene rings is 1. The molecule has 1 aromatic rings. The minimum atomic E-state index is -0.385. The van der Waals surface area contributed by atoms with Crippen molar-refractivity contribution in [2.45, 2.75) is 19.5 Å². The number of rotatable bonds is 4. The molecule has 0 spiro atoms. The van der Waals surface area contributed by atoms with E-state index < -0.39 is 0 Å². The number of nitrogens with one attached hydrogen (secondary N) is 1. The quantitative estimate of drug-likeness (QED) is 0.791. The van der Waals surface area contributed by atoms with E-state index in [1.54, 1.807) is 12.1 Å². The number of hydrogen-bond acceptors (Lipinski definition) is 1. The average molecular weight is 236 g/mol. The fraction of sp³-hybridized carbons (Fsp3) is 0.400. The summed E-state index contributed by atoms with van der Waals surface area (Å²) in [5.41, 5.74) is 0.753. The molecule has 4 heteroatoms. The molecule has 0 aliphatic rings. The topological polar surface area (TPSA) is 12.0 Å². The minimum absolute atomic E-state index is 0.182. The van der Waals surface area contributed by atoms with Gasteiger partial charge in [-0.15, -0.1) is 11.6 Å². The molecule has 0 fully saturated rings. The van der Waals surface area contributed by atoms with Crippen molar-refractivity contribution in [1.82, 2.24) is 5.32 Å².